The van der Waals surface area contributed by atoms with Crippen LogP contribution in [-0.2, 0) is 10.6 Å². The van der Waals surface area contributed by atoms with Crippen molar-refractivity contribution in [3.05, 3.63) is 24.0 Å². The van der Waals surface area contributed by atoms with Crippen LogP contribution in [-0.4, -0.2) is 31.3 Å². The van der Waals surface area contributed by atoms with E-state index in [9.17, 15) is 0 Å². The van der Waals surface area contributed by atoms with Crippen LogP contribution in [0.5, 0.6) is 0 Å². The van der Waals surface area contributed by atoms with Gasteiger partial charge in [0.25, 0.3) is 0 Å². The molecule has 1 aromatic heterocycles. The second-order valence-electron chi connectivity index (χ2n) is 3.73. The molecule has 1 saturated heterocycles. The minimum atomic E-state index is 0.348. The third-order valence-electron chi connectivity index (χ3n) is 2.84. The van der Waals surface area contributed by atoms with Gasteiger partial charge in [-0.1, -0.05) is 0 Å². The van der Waals surface area contributed by atoms with E-state index >= 15 is 0 Å². The smallest absolute Gasteiger partial charge is 0.0762 e. The maximum absolute atomic E-state index is 5.88. The molecule has 4 heteroatoms. The summed E-state index contributed by atoms with van der Waals surface area (Å²) in [6.07, 6.45) is 5.08. The minimum Gasteiger partial charge on any atom is -0.380 e. The second kappa shape index (κ2) is 4.81. The Labute approximate surface area is 95.0 Å². The van der Waals surface area contributed by atoms with Crippen molar-refractivity contribution in [2.45, 2.75) is 18.4 Å². The van der Waals surface area contributed by atoms with Crippen molar-refractivity contribution >= 4 is 17.3 Å². The van der Waals surface area contributed by atoms with Gasteiger partial charge in [-0.25, -0.2) is 0 Å². The molecule has 1 aromatic rings. The number of ether oxygens (including phenoxy) is 1. The number of anilines is 1. The monoisotopic (exact) mass is 226 g/mol. The van der Waals surface area contributed by atoms with E-state index in [0.29, 0.717) is 12.0 Å². The summed E-state index contributed by atoms with van der Waals surface area (Å²) in [6, 6.07) is 2.02. The molecule has 0 aromatic carbocycles. The maximum atomic E-state index is 5.88. The normalized spacial score (nSPS) is 20.9. The minimum absolute atomic E-state index is 0.348. The fourth-order valence-electron chi connectivity index (χ4n) is 1.97. The van der Waals surface area contributed by atoms with E-state index in [-0.39, 0.29) is 0 Å². The highest BCUT2D eigenvalue weighted by atomic mass is 35.5. The predicted octanol–water partition coefficient (Wildman–Crippen LogP) is 2.05. The highest BCUT2D eigenvalue weighted by Crippen LogP contribution is 2.25. The summed E-state index contributed by atoms with van der Waals surface area (Å²) in [6.45, 7) is 1.98. The molecule has 0 aliphatic carbocycles. The van der Waals surface area contributed by atoms with Gasteiger partial charge in [-0.15, -0.1) is 11.6 Å². The van der Waals surface area contributed by atoms with Gasteiger partial charge in [0.2, 0.25) is 0 Å². The largest absolute Gasteiger partial charge is 0.380 e. The van der Waals surface area contributed by atoms with E-state index in [1.54, 1.807) is 7.11 Å². The lowest BCUT2D eigenvalue weighted by Crippen LogP contribution is -2.23. The Kier molecular flexibility index (Phi) is 3.44. The first-order valence-electron chi connectivity index (χ1n) is 5.11. The first-order valence-corrected chi connectivity index (χ1v) is 5.65. The zero-order valence-corrected chi connectivity index (χ0v) is 9.57. The Balaban J connectivity index is 2.16. The van der Waals surface area contributed by atoms with Crippen LogP contribution in [0.25, 0.3) is 0 Å². The maximum Gasteiger partial charge on any atom is 0.0762 e. The number of pyridine rings is 1. The van der Waals surface area contributed by atoms with E-state index < -0.39 is 0 Å². The van der Waals surface area contributed by atoms with Crippen LogP contribution >= 0.6 is 11.6 Å². The van der Waals surface area contributed by atoms with Crippen molar-refractivity contribution in [2.75, 3.05) is 25.1 Å². The summed E-state index contributed by atoms with van der Waals surface area (Å²) in [5, 5.41) is 0. The number of nitrogens with zero attached hydrogens (tertiary/aromatic N) is 2. The Bertz CT molecular complexity index is 332. The molecule has 2 rings (SSSR count). The van der Waals surface area contributed by atoms with Gasteiger partial charge < -0.3 is 9.64 Å². The fraction of sp³-hybridized carbons (Fsp3) is 0.545. The number of alkyl halides is 1. The molecular weight excluding hydrogens is 212 g/mol. The summed E-state index contributed by atoms with van der Waals surface area (Å²) < 4.78 is 5.35. The first-order chi connectivity index (χ1) is 7.35. The lowest BCUT2D eigenvalue weighted by Gasteiger charge is -2.20. The molecule has 0 amide bonds. The van der Waals surface area contributed by atoms with E-state index in [2.05, 4.69) is 9.88 Å². The lowest BCUT2D eigenvalue weighted by atomic mass is 10.2. The molecular formula is C11H15ClN2O. The summed E-state index contributed by atoms with van der Waals surface area (Å²) in [5.41, 5.74) is 2.29. The molecule has 15 heavy (non-hydrogen) atoms. The van der Waals surface area contributed by atoms with Crippen molar-refractivity contribution in [3.8, 4) is 0 Å². The highest BCUT2D eigenvalue weighted by Gasteiger charge is 2.23. The van der Waals surface area contributed by atoms with Gasteiger partial charge in [0.15, 0.2) is 0 Å². The molecule has 0 spiro atoms. The van der Waals surface area contributed by atoms with Crippen molar-refractivity contribution in [3.63, 3.8) is 0 Å². The fourth-order valence-corrected chi connectivity index (χ4v) is 2.18. The van der Waals surface area contributed by atoms with Gasteiger partial charge in [-0.3, -0.25) is 4.98 Å². The van der Waals surface area contributed by atoms with Gasteiger partial charge in [0.05, 0.1) is 12.0 Å². The van der Waals surface area contributed by atoms with Gasteiger partial charge in [-0.2, -0.15) is 0 Å². The SMILES string of the molecule is COC1CCN(c2ccncc2CCl)C1. The topological polar surface area (TPSA) is 25.4 Å². The summed E-state index contributed by atoms with van der Waals surface area (Å²) in [7, 11) is 1.77. The third kappa shape index (κ3) is 2.24. The average Bonchev–Trinajstić information content (AvgIpc) is 2.77. The van der Waals surface area contributed by atoms with E-state index in [1.165, 1.54) is 5.69 Å². The van der Waals surface area contributed by atoms with E-state index in [1.807, 2.05) is 18.5 Å². The molecule has 1 aliphatic heterocycles. The van der Waals surface area contributed by atoms with E-state index in [0.717, 1.165) is 25.1 Å². The molecule has 1 fully saturated rings. The first kappa shape index (κ1) is 10.7. The second-order valence-corrected chi connectivity index (χ2v) is 4.00. The molecule has 3 nitrogen and oxygen atoms in total. The quantitative estimate of drug-likeness (QED) is 0.738. The van der Waals surface area contributed by atoms with Crippen molar-refractivity contribution in [2.24, 2.45) is 0 Å². The molecule has 0 bridgehead atoms. The number of methoxy groups -OCH3 is 1. The standard InChI is InChI=1S/C11H15ClN2O/c1-15-10-3-5-14(8-10)11-2-4-13-7-9(11)6-12/h2,4,7,10H,3,5-6,8H2,1H3. The van der Waals surface area contributed by atoms with Gasteiger partial charge >= 0.3 is 0 Å². The number of hydrogen-bond acceptors (Lipinski definition) is 3. The summed E-state index contributed by atoms with van der Waals surface area (Å²) >= 11 is 5.88. The van der Waals surface area contributed by atoms with Gasteiger partial charge in [0.1, 0.15) is 0 Å². The Morgan fingerprint density at radius 1 is 1.67 bits per heavy atom. The highest BCUT2D eigenvalue weighted by molar-refractivity contribution is 6.17. The average molecular weight is 227 g/mol. The molecule has 2 heterocycles. The van der Waals surface area contributed by atoms with Crippen LogP contribution < -0.4 is 4.90 Å². The van der Waals surface area contributed by atoms with Crippen LogP contribution in [0.15, 0.2) is 18.5 Å². The third-order valence-corrected chi connectivity index (χ3v) is 3.13. The molecule has 82 valence electrons. The number of rotatable bonds is 3. The predicted molar refractivity (Wildman–Crippen MR) is 61.4 cm³/mol. The molecule has 0 N–H and O–H groups in total. The van der Waals surface area contributed by atoms with Gasteiger partial charge in [0, 0.05) is 43.8 Å². The molecule has 0 saturated carbocycles. The van der Waals surface area contributed by atoms with Crippen LogP contribution in [0.3, 0.4) is 0 Å². The van der Waals surface area contributed by atoms with Gasteiger partial charge in [-0.05, 0) is 12.5 Å². The van der Waals surface area contributed by atoms with Crippen LogP contribution in [0.2, 0.25) is 0 Å². The van der Waals surface area contributed by atoms with Crippen LogP contribution in [0.4, 0.5) is 5.69 Å². The van der Waals surface area contributed by atoms with Crippen molar-refractivity contribution < 1.29 is 4.74 Å². The zero-order chi connectivity index (χ0) is 10.7. The molecule has 1 unspecified atom stereocenters. The van der Waals surface area contributed by atoms with Crippen molar-refractivity contribution in [1.29, 1.82) is 0 Å². The summed E-state index contributed by atoms with van der Waals surface area (Å²) in [4.78, 5) is 6.40. The van der Waals surface area contributed by atoms with Crippen LogP contribution in [0, 0.1) is 0 Å². The van der Waals surface area contributed by atoms with Crippen molar-refractivity contribution in [1.82, 2.24) is 4.98 Å². The molecule has 1 aliphatic rings. The Morgan fingerprint density at radius 2 is 2.53 bits per heavy atom. The number of halogens is 1. The Hall–Kier alpha value is -0.800. The molecule has 0 radical (unpaired) electrons. The zero-order valence-electron chi connectivity index (χ0n) is 8.82. The van der Waals surface area contributed by atoms with E-state index in [4.69, 9.17) is 16.3 Å². The number of aromatic nitrogens is 1. The summed E-state index contributed by atoms with van der Waals surface area (Å²) in [5.74, 6) is 0.511. The Morgan fingerprint density at radius 3 is 3.20 bits per heavy atom. The lowest BCUT2D eigenvalue weighted by molar-refractivity contribution is 0.121. The number of hydrogen-bond donors (Lipinski definition) is 0. The van der Waals surface area contributed by atoms with Crippen LogP contribution in [0.1, 0.15) is 12.0 Å². The molecule has 1 atom stereocenters.